The summed E-state index contributed by atoms with van der Waals surface area (Å²) in [5.74, 6) is 0.824. The van der Waals surface area contributed by atoms with Gasteiger partial charge in [0, 0.05) is 32.4 Å². The number of likely N-dealkylation sites (N-methyl/N-ethyl adjacent to an activating group) is 1. The normalized spacial score (nSPS) is 15.5. The van der Waals surface area contributed by atoms with E-state index in [1.807, 2.05) is 72.5 Å². The first-order chi connectivity index (χ1) is 12.2. The second-order valence-electron chi connectivity index (χ2n) is 6.23. The molecule has 0 bridgehead atoms. The van der Waals surface area contributed by atoms with Crippen molar-refractivity contribution in [3.63, 3.8) is 0 Å². The molecule has 0 N–H and O–H groups in total. The van der Waals surface area contributed by atoms with Crippen LogP contribution in [0, 0.1) is 0 Å². The first-order valence-electron chi connectivity index (χ1n) is 8.29. The number of fused-ring (bicyclic) bond motifs is 1. The molecule has 3 aromatic rings. The molecule has 2 aromatic carbocycles. The summed E-state index contributed by atoms with van der Waals surface area (Å²) in [7, 11) is 1.82. The van der Waals surface area contributed by atoms with E-state index < -0.39 is 6.10 Å². The molecule has 0 spiro atoms. The predicted octanol–water partition coefficient (Wildman–Crippen LogP) is 2.83. The van der Waals surface area contributed by atoms with Crippen LogP contribution in [-0.2, 0) is 17.8 Å². The van der Waals surface area contributed by atoms with Crippen LogP contribution in [-0.4, -0.2) is 33.7 Å². The lowest BCUT2D eigenvalue weighted by molar-refractivity contribution is -0.137. The maximum Gasteiger partial charge on any atom is 0.264 e. The Labute approximate surface area is 146 Å². The van der Waals surface area contributed by atoms with E-state index in [0.717, 1.165) is 22.6 Å². The zero-order chi connectivity index (χ0) is 17.2. The third-order valence-corrected chi connectivity index (χ3v) is 4.42. The van der Waals surface area contributed by atoms with Crippen molar-refractivity contribution in [1.82, 2.24) is 14.7 Å². The lowest BCUT2D eigenvalue weighted by Gasteiger charge is -2.21. The molecule has 1 aromatic heterocycles. The molecule has 1 aliphatic heterocycles. The quantitative estimate of drug-likeness (QED) is 0.738. The van der Waals surface area contributed by atoms with Gasteiger partial charge in [-0.15, -0.1) is 0 Å². The van der Waals surface area contributed by atoms with Crippen LogP contribution >= 0.6 is 0 Å². The largest absolute Gasteiger partial charge is 0.480 e. The second-order valence-corrected chi connectivity index (χ2v) is 6.23. The molecule has 0 saturated heterocycles. The molecule has 1 unspecified atom stereocenters. The summed E-state index contributed by atoms with van der Waals surface area (Å²) in [6.45, 7) is 0.550. The molecule has 0 saturated carbocycles. The van der Waals surface area contributed by atoms with E-state index >= 15 is 0 Å². The number of ether oxygens (including phenoxy) is 1. The third kappa shape index (κ3) is 3.13. The molecule has 4 rings (SSSR count). The van der Waals surface area contributed by atoms with Crippen molar-refractivity contribution >= 4 is 5.91 Å². The molecule has 5 nitrogen and oxygen atoms in total. The smallest absolute Gasteiger partial charge is 0.264 e. The number of para-hydroxylation sites is 1. The van der Waals surface area contributed by atoms with Crippen molar-refractivity contribution in [2.45, 2.75) is 19.1 Å². The van der Waals surface area contributed by atoms with Gasteiger partial charge in [0.05, 0.1) is 5.69 Å². The Hall–Kier alpha value is -3.08. The summed E-state index contributed by atoms with van der Waals surface area (Å²) in [4.78, 5) is 14.4. The van der Waals surface area contributed by atoms with Crippen LogP contribution in [0.15, 0.2) is 67.0 Å². The summed E-state index contributed by atoms with van der Waals surface area (Å²) in [6.07, 6.45) is 3.86. The highest BCUT2D eigenvalue weighted by Gasteiger charge is 2.30. The Morgan fingerprint density at radius 1 is 1.20 bits per heavy atom. The van der Waals surface area contributed by atoms with Gasteiger partial charge in [0.2, 0.25) is 0 Å². The number of carbonyl (C=O) groups is 1. The highest BCUT2D eigenvalue weighted by molar-refractivity contribution is 5.82. The van der Waals surface area contributed by atoms with Crippen molar-refractivity contribution < 1.29 is 9.53 Å². The van der Waals surface area contributed by atoms with E-state index in [4.69, 9.17) is 4.74 Å². The fourth-order valence-electron chi connectivity index (χ4n) is 3.09. The van der Waals surface area contributed by atoms with Gasteiger partial charge in [-0.1, -0.05) is 30.3 Å². The molecule has 1 atom stereocenters. The number of aromatic nitrogens is 2. The highest BCUT2D eigenvalue weighted by Crippen LogP contribution is 2.29. The summed E-state index contributed by atoms with van der Waals surface area (Å²) >= 11 is 0. The van der Waals surface area contributed by atoms with E-state index in [-0.39, 0.29) is 5.91 Å². The Morgan fingerprint density at radius 2 is 2.00 bits per heavy atom. The lowest BCUT2D eigenvalue weighted by atomic mass is 10.1. The highest BCUT2D eigenvalue weighted by atomic mass is 16.5. The van der Waals surface area contributed by atoms with Crippen LogP contribution in [0.5, 0.6) is 5.75 Å². The standard InChI is InChI=1S/C20H19N3O2/c1-22(20(24)19-13-16-5-2-3-6-18(16)25-19)14-15-7-9-17(10-8-15)23-12-4-11-21-23/h2-12,19H,13-14H2,1H3. The monoisotopic (exact) mass is 333 g/mol. The molecule has 25 heavy (non-hydrogen) atoms. The Bertz CT molecular complexity index is 847. The van der Waals surface area contributed by atoms with Crippen LogP contribution in [0.2, 0.25) is 0 Å². The predicted molar refractivity (Wildman–Crippen MR) is 94.6 cm³/mol. The van der Waals surface area contributed by atoms with Gasteiger partial charge in [0.25, 0.3) is 5.91 Å². The number of amides is 1. The van der Waals surface area contributed by atoms with E-state index in [0.29, 0.717) is 13.0 Å². The van der Waals surface area contributed by atoms with Crippen LogP contribution in [0.3, 0.4) is 0 Å². The first kappa shape index (κ1) is 15.4. The number of hydrogen-bond acceptors (Lipinski definition) is 3. The Balaban J connectivity index is 1.40. The van der Waals surface area contributed by atoms with Gasteiger partial charge in [0.1, 0.15) is 5.75 Å². The maximum atomic E-state index is 12.7. The minimum atomic E-state index is -0.425. The van der Waals surface area contributed by atoms with Gasteiger partial charge in [-0.3, -0.25) is 4.79 Å². The number of nitrogens with zero attached hydrogens (tertiary/aromatic N) is 3. The summed E-state index contributed by atoms with van der Waals surface area (Å²) in [5.41, 5.74) is 3.16. The molecule has 2 heterocycles. The molecule has 0 aliphatic carbocycles. The molecule has 0 fully saturated rings. The molecule has 126 valence electrons. The molecular weight excluding hydrogens is 314 g/mol. The van der Waals surface area contributed by atoms with Crippen molar-refractivity contribution in [2.75, 3.05) is 7.05 Å². The van der Waals surface area contributed by atoms with Crippen molar-refractivity contribution in [1.29, 1.82) is 0 Å². The van der Waals surface area contributed by atoms with Crippen LogP contribution in [0.25, 0.3) is 5.69 Å². The Kier molecular flexibility index (Phi) is 3.98. The second kappa shape index (κ2) is 6.43. The van der Waals surface area contributed by atoms with Gasteiger partial charge >= 0.3 is 0 Å². The van der Waals surface area contributed by atoms with Gasteiger partial charge in [-0.2, -0.15) is 5.10 Å². The number of rotatable bonds is 4. The number of carbonyl (C=O) groups excluding carboxylic acids is 1. The SMILES string of the molecule is CN(Cc1ccc(-n2cccn2)cc1)C(=O)C1Cc2ccccc2O1. The molecule has 1 aliphatic rings. The third-order valence-electron chi connectivity index (χ3n) is 4.42. The van der Waals surface area contributed by atoms with E-state index in [1.165, 1.54) is 0 Å². The van der Waals surface area contributed by atoms with Gasteiger partial charge in [0.15, 0.2) is 6.10 Å². The van der Waals surface area contributed by atoms with Crippen molar-refractivity contribution in [3.05, 3.63) is 78.1 Å². The van der Waals surface area contributed by atoms with Gasteiger partial charge in [-0.25, -0.2) is 4.68 Å². The average Bonchev–Trinajstić information content (AvgIpc) is 3.31. The summed E-state index contributed by atoms with van der Waals surface area (Å²) in [5, 5.41) is 4.21. The minimum Gasteiger partial charge on any atom is -0.480 e. The van der Waals surface area contributed by atoms with Crippen LogP contribution < -0.4 is 4.74 Å². The maximum absolute atomic E-state index is 12.7. The lowest BCUT2D eigenvalue weighted by Crippen LogP contribution is -2.38. The summed E-state index contributed by atoms with van der Waals surface area (Å²) in [6, 6.07) is 17.8. The fraction of sp³-hybridized carbons (Fsp3) is 0.200. The number of hydrogen-bond donors (Lipinski definition) is 0. The fourth-order valence-corrected chi connectivity index (χ4v) is 3.09. The van der Waals surface area contributed by atoms with Crippen LogP contribution in [0.1, 0.15) is 11.1 Å². The van der Waals surface area contributed by atoms with Crippen molar-refractivity contribution in [2.24, 2.45) is 0 Å². The zero-order valence-corrected chi connectivity index (χ0v) is 14.0. The summed E-state index contributed by atoms with van der Waals surface area (Å²) < 4.78 is 7.60. The van der Waals surface area contributed by atoms with E-state index in [2.05, 4.69) is 5.10 Å². The van der Waals surface area contributed by atoms with E-state index in [1.54, 1.807) is 11.1 Å². The van der Waals surface area contributed by atoms with Crippen molar-refractivity contribution in [3.8, 4) is 11.4 Å². The molecular formula is C20H19N3O2. The molecule has 1 amide bonds. The first-order valence-corrected chi connectivity index (χ1v) is 8.29. The topological polar surface area (TPSA) is 47.4 Å². The zero-order valence-electron chi connectivity index (χ0n) is 14.0. The van der Waals surface area contributed by atoms with Gasteiger partial charge < -0.3 is 9.64 Å². The van der Waals surface area contributed by atoms with Gasteiger partial charge in [-0.05, 0) is 35.4 Å². The van der Waals surface area contributed by atoms with E-state index in [9.17, 15) is 4.79 Å². The molecule has 0 radical (unpaired) electrons. The Morgan fingerprint density at radius 3 is 2.72 bits per heavy atom. The molecule has 5 heteroatoms. The number of benzene rings is 2. The minimum absolute atomic E-state index is 0.00681. The average molecular weight is 333 g/mol. The van der Waals surface area contributed by atoms with Crippen LogP contribution in [0.4, 0.5) is 0 Å².